The summed E-state index contributed by atoms with van der Waals surface area (Å²) in [5.74, 6) is -0.446. The maximum Gasteiger partial charge on any atom is 0.344 e. The van der Waals surface area contributed by atoms with E-state index in [-0.39, 0.29) is 6.04 Å². The van der Waals surface area contributed by atoms with Crippen molar-refractivity contribution in [2.45, 2.75) is 38.5 Å². The molecule has 2 rings (SSSR count). The number of hydrogen-bond acceptors (Lipinski definition) is 4. The molecule has 0 aliphatic heterocycles. The van der Waals surface area contributed by atoms with Crippen LogP contribution in [0.4, 0.5) is 0 Å². The van der Waals surface area contributed by atoms with Gasteiger partial charge in [0.1, 0.15) is 5.75 Å². The number of carboxylic acid groups (broad SMARTS) is 1. The molecular weight excluding hydrogens is 318 g/mol. The summed E-state index contributed by atoms with van der Waals surface area (Å²) in [6, 6.07) is 16.9. The van der Waals surface area contributed by atoms with Crippen LogP contribution in [0.25, 0.3) is 0 Å². The van der Waals surface area contributed by atoms with Gasteiger partial charge in [-0.25, -0.2) is 4.79 Å². The van der Waals surface area contributed by atoms with E-state index in [0.29, 0.717) is 5.75 Å². The van der Waals surface area contributed by atoms with Crippen molar-refractivity contribution >= 4 is 5.97 Å². The van der Waals surface area contributed by atoms with Crippen molar-refractivity contribution in [1.82, 2.24) is 5.32 Å². The Labute approximate surface area is 148 Å². The van der Waals surface area contributed by atoms with Crippen LogP contribution in [0.15, 0.2) is 54.6 Å². The molecule has 3 atom stereocenters. The Morgan fingerprint density at radius 1 is 1.08 bits per heavy atom. The molecule has 0 aliphatic rings. The molecular formula is C20H25NO4. The molecule has 0 spiro atoms. The molecule has 0 radical (unpaired) electrons. The van der Waals surface area contributed by atoms with Gasteiger partial charge in [0.2, 0.25) is 0 Å². The topological polar surface area (TPSA) is 78.8 Å². The molecule has 5 heteroatoms. The maximum absolute atomic E-state index is 10.8. The molecule has 0 heterocycles. The summed E-state index contributed by atoms with van der Waals surface area (Å²) in [5.41, 5.74) is 2.01. The van der Waals surface area contributed by atoms with E-state index < -0.39 is 18.2 Å². The Morgan fingerprint density at radius 2 is 1.72 bits per heavy atom. The predicted octanol–water partition coefficient (Wildman–Crippen LogP) is 2.79. The lowest BCUT2D eigenvalue weighted by atomic mass is 10.0. The van der Waals surface area contributed by atoms with Gasteiger partial charge in [-0.2, -0.15) is 0 Å². The molecule has 5 nitrogen and oxygen atoms in total. The van der Waals surface area contributed by atoms with Crippen LogP contribution in [0, 0.1) is 0 Å². The smallest absolute Gasteiger partial charge is 0.344 e. The van der Waals surface area contributed by atoms with Gasteiger partial charge in [0.05, 0.1) is 6.10 Å². The largest absolute Gasteiger partial charge is 0.479 e. The normalized spacial score (nSPS) is 14.5. The van der Waals surface area contributed by atoms with Crippen molar-refractivity contribution in [2.24, 2.45) is 0 Å². The summed E-state index contributed by atoms with van der Waals surface area (Å²) >= 11 is 0. The third-order valence-electron chi connectivity index (χ3n) is 4.08. The Hall–Kier alpha value is -2.37. The number of hydrogen-bond donors (Lipinski definition) is 3. The van der Waals surface area contributed by atoms with Crippen LogP contribution in [0.1, 0.15) is 31.1 Å². The summed E-state index contributed by atoms with van der Waals surface area (Å²) in [7, 11) is 0. The Kier molecular flexibility index (Phi) is 6.98. The van der Waals surface area contributed by atoms with Crippen LogP contribution in [0.3, 0.4) is 0 Å². The van der Waals surface area contributed by atoms with E-state index in [4.69, 9.17) is 9.84 Å². The van der Waals surface area contributed by atoms with Crippen molar-refractivity contribution in [1.29, 1.82) is 0 Å². The molecule has 0 saturated heterocycles. The fraction of sp³-hybridized carbons (Fsp3) is 0.350. The van der Waals surface area contributed by atoms with E-state index in [2.05, 4.69) is 5.32 Å². The molecule has 2 aromatic rings. The molecule has 134 valence electrons. The highest BCUT2D eigenvalue weighted by molar-refractivity contribution is 5.72. The first-order valence-corrected chi connectivity index (χ1v) is 8.42. The monoisotopic (exact) mass is 343 g/mol. The van der Waals surface area contributed by atoms with Crippen molar-refractivity contribution in [3.63, 3.8) is 0 Å². The Bertz CT molecular complexity index is 657. The number of aliphatic carboxylic acids is 1. The minimum Gasteiger partial charge on any atom is -0.479 e. The number of nitrogens with one attached hydrogen (secondary N) is 1. The Morgan fingerprint density at radius 3 is 2.32 bits per heavy atom. The minimum absolute atomic E-state index is 0.0542. The first-order chi connectivity index (χ1) is 12.0. The molecule has 0 saturated carbocycles. The predicted molar refractivity (Wildman–Crippen MR) is 96.7 cm³/mol. The number of carboxylic acids is 1. The van der Waals surface area contributed by atoms with Crippen molar-refractivity contribution in [3.8, 4) is 5.75 Å². The highest BCUT2D eigenvalue weighted by Gasteiger charge is 2.15. The van der Waals surface area contributed by atoms with Crippen molar-refractivity contribution < 1.29 is 19.7 Å². The van der Waals surface area contributed by atoms with Gasteiger partial charge in [-0.1, -0.05) is 42.5 Å². The molecule has 0 fully saturated rings. The Balaban J connectivity index is 1.78. The quantitative estimate of drug-likeness (QED) is 0.652. The van der Waals surface area contributed by atoms with Gasteiger partial charge in [-0.3, -0.25) is 0 Å². The zero-order valence-electron chi connectivity index (χ0n) is 14.6. The fourth-order valence-electron chi connectivity index (χ4n) is 2.48. The van der Waals surface area contributed by atoms with E-state index in [9.17, 15) is 9.90 Å². The van der Waals surface area contributed by atoms with Crippen molar-refractivity contribution in [2.75, 3.05) is 6.54 Å². The summed E-state index contributed by atoms with van der Waals surface area (Å²) in [6.45, 7) is 4.19. The number of carbonyl (C=O) groups is 1. The number of aliphatic hydroxyl groups excluding tert-OH is 1. The average Bonchev–Trinajstić information content (AvgIpc) is 2.63. The fourth-order valence-corrected chi connectivity index (χ4v) is 2.48. The average molecular weight is 343 g/mol. The maximum atomic E-state index is 10.8. The molecule has 0 amide bonds. The second-order valence-corrected chi connectivity index (χ2v) is 6.09. The first-order valence-electron chi connectivity index (χ1n) is 8.42. The lowest BCUT2D eigenvalue weighted by Gasteiger charge is -2.20. The van der Waals surface area contributed by atoms with Gasteiger partial charge < -0.3 is 20.3 Å². The molecule has 0 aliphatic carbocycles. The van der Waals surface area contributed by atoms with Crippen LogP contribution in [-0.4, -0.2) is 34.9 Å². The minimum atomic E-state index is -0.987. The van der Waals surface area contributed by atoms with Gasteiger partial charge in [0.15, 0.2) is 6.10 Å². The van der Waals surface area contributed by atoms with Gasteiger partial charge in [0, 0.05) is 6.04 Å². The highest BCUT2D eigenvalue weighted by Crippen LogP contribution is 2.17. The number of ether oxygens (including phenoxy) is 1. The zero-order valence-corrected chi connectivity index (χ0v) is 14.6. The summed E-state index contributed by atoms with van der Waals surface area (Å²) < 4.78 is 5.31. The first kappa shape index (κ1) is 19.0. The molecule has 3 N–H and O–H groups in total. The molecule has 25 heavy (non-hydrogen) atoms. The molecule has 2 aromatic carbocycles. The third kappa shape index (κ3) is 5.89. The third-order valence-corrected chi connectivity index (χ3v) is 4.08. The van der Waals surface area contributed by atoms with Crippen LogP contribution in [0.5, 0.6) is 5.75 Å². The second kappa shape index (κ2) is 9.20. The van der Waals surface area contributed by atoms with Gasteiger partial charge in [-0.05, 0) is 50.1 Å². The summed E-state index contributed by atoms with van der Waals surface area (Å²) in [6.07, 6.45) is -0.608. The van der Waals surface area contributed by atoms with E-state index in [0.717, 1.165) is 24.1 Å². The van der Waals surface area contributed by atoms with Gasteiger partial charge >= 0.3 is 5.97 Å². The lowest BCUT2D eigenvalue weighted by Crippen LogP contribution is -2.33. The van der Waals surface area contributed by atoms with Crippen molar-refractivity contribution in [3.05, 3.63) is 65.7 Å². The SMILES string of the molecule is C[C@@H](Oc1ccc(CCN[C@H](C)[C@@H](O)c2ccccc2)cc1)C(=O)O. The van der Waals surface area contributed by atoms with Crippen LogP contribution in [0.2, 0.25) is 0 Å². The van der Waals surface area contributed by atoms with Crippen LogP contribution >= 0.6 is 0 Å². The summed E-state index contributed by atoms with van der Waals surface area (Å²) in [5, 5.41) is 22.5. The number of benzene rings is 2. The van der Waals surface area contributed by atoms with Crippen LogP contribution in [-0.2, 0) is 11.2 Å². The second-order valence-electron chi connectivity index (χ2n) is 6.09. The van der Waals surface area contributed by atoms with E-state index in [1.165, 1.54) is 6.92 Å². The van der Waals surface area contributed by atoms with Crippen LogP contribution < -0.4 is 10.1 Å². The van der Waals surface area contributed by atoms with Gasteiger partial charge in [0.25, 0.3) is 0 Å². The zero-order chi connectivity index (χ0) is 18.2. The molecule has 0 unspecified atom stereocenters. The molecule has 0 bridgehead atoms. The summed E-state index contributed by atoms with van der Waals surface area (Å²) in [4.78, 5) is 10.8. The van der Waals surface area contributed by atoms with Gasteiger partial charge in [-0.15, -0.1) is 0 Å². The standard InChI is InChI=1S/C20H25NO4/c1-14(19(22)17-6-4-3-5-7-17)21-13-12-16-8-10-18(11-9-16)25-15(2)20(23)24/h3-11,14-15,19,21-22H,12-13H2,1-2H3,(H,23,24)/t14-,15-,19-/m1/s1. The lowest BCUT2D eigenvalue weighted by molar-refractivity contribution is -0.144. The highest BCUT2D eigenvalue weighted by atomic mass is 16.5. The van der Waals surface area contributed by atoms with E-state index in [1.807, 2.05) is 49.4 Å². The number of aliphatic hydroxyl groups is 1. The molecule has 0 aromatic heterocycles. The van der Waals surface area contributed by atoms with E-state index >= 15 is 0 Å². The number of rotatable bonds is 9. The van der Waals surface area contributed by atoms with E-state index in [1.54, 1.807) is 12.1 Å².